The number of aliphatic hydroxyl groups excluding tert-OH is 1. The van der Waals surface area contributed by atoms with Gasteiger partial charge in [-0.25, -0.2) is 0 Å². The molecule has 132 valence electrons. The van der Waals surface area contributed by atoms with Crippen LogP contribution in [-0.4, -0.2) is 33.5 Å². The fourth-order valence-corrected chi connectivity index (χ4v) is 3.81. The highest BCUT2D eigenvalue weighted by Crippen LogP contribution is 2.39. The number of aromatic nitrogens is 2. The summed E-state index contributed by atoms with van der Waals surface area (Å²) in [5.41, 5.74) is 3.63. The number of carbonyl (C=O) groups is 1. The minimum Gasteiger partial charge on any atom is -0.493 e. The second-order valence-corrected chi connectivity index (χ2v) is 7.10. The van der Waals surface area contributed by atoms with E-state index in [1.807, 2.05) is 19.1 Å². The van der Waals surface area contributed by atoms with Gasteiger partial charge in [-0.15, -0.1) is 0 Å². The normalized spacial score (nSPS) is 22.7. The summed E-state index contributed by atoms with van der Waals surface area (Å²) >= 11 is 0. The lowest BCUT2D eigenvalue weighted by Crippen LogP contribution is -2.41. The van der Waals surface area contributed by atoms with E-state index in [1.165, 1.54) is 5.56 Å². The Balaban J connectivity index is 1.60. The van der Waals surface area contributed by atoms with Gasteiger partial charge in [0.05, 0.1) is 24.4 Å². The van der Waals surface area contributed by atoms with Crippen LogP contribution in [0.2, 0.25) is 0 Å². The number of benzene rings is 1. The molecule has 6 nitrogen and oxygen atoms in total. The molecule has 1 aliphatic heterocycles. The zero-order valence-corrected chi connectivity index (χ0v) is 14.5. The Hall–Kier alpha value is -2.34. The molecule has 0 unspecified atom stereocenters. The van der Waals surface area contributed by atoms with Crippen molar-refractivity contribution in [3.63, 3.8) is 0 Å². The van der Waals surface area contributed by atoms with Crippen molar-refractivity contribution in [1.29, 1.82) is 0 Å². The molecule has 0 saturated heterocycles. The number of nitrogens with zero attached hydrogens (tertiary/aromatic N) is 2. The van der Waals surface area contributed by atoms with Crippen molar-refractivity contribution in [2.24, 2.45) is 13.0 Å². The van der Waals surface area contributed by atoms with Crippen molar-refractivity contribution in [2.45, 2.75) is 38.3 Å². The largest absolute Gasteiger partial charge is 0.493 e. The number of aryl methyl sites for hydroxylation is 2. The second kappa shape index (κ2) is 6.19. The van der Waals surface area contributed by atoms with E-state index in [9.17, 15) is 9.90 Å². The van der Waals surface area contributed by atoms with Crippen molar-refractivity contribution in [1.82, 2.24) is 15.1 Å². The molecule has 0 bridgehead atoms. The van der Waals surface area contributed by atoms with Gasteiger partial charge in [0, 0.05) is 13.5 Å². The topological polar surface area (TPSA) is 76.4 Å². The minimum absolute atomic E-state index is 0.114. The van der Waals surface area contributed by atoms with Gasteiger partial charge in [0.2, 0.25) is 0 Å². The van der Waals surface area contributed by atoms with Crippen LogP contribution in [0, 0.1) is 12.8 Å². The van der Waals surface area contributed by atoms with Crippen LogP contribution < -0.4 is 10.1 Å². The molecule has 1 aromatic carbocycles. The average Bonchev–Trinajstić information content (AvgIpc) is 3.14. The lowest BCUT2D eigenvalue weighted by atomic mass is 9.74. The third kappa shape index (κ3) is 3.02. The molecule has 2 N–H and O–H groups in total. The Kier molecular flexibility index (Phi) is 4.00. The molecule has 0 spiro atoms. The van der Waals surface area contributed by atoms with Crippen LogP contribution in [0.25, 0.3) is 0 Å². The van der Waals surface area contributed by atoms with Crippen molar-refractivity contribution < 1.29 is 14.6 Å². The van der Waals surface area contributed by atoms with Crippen LogP contribution in [0.5, 0.6) is 5.75 Å². The number of hydrogen-bond donors (Lipinski definition) is 2. The number of fused-ring (bicyclic) bond motifs is 1. The molecule has 1 saturated carbocycles. The summed E-state index contributed by atoms with van der Waals surface area (Å²) in [6, 6.07) is 7.82. The summed E-state index contributed by atoms with van der Waals surface area (Å²) in [5, 5.41) is 17.1. The quantitative estimate of drug-likeness (QED) is 0.891. The highest BCUT2D eigenvalue weighted by Gasteiger charge is 2.36. The molecule has 1 aromatic heterocycles. The molecule has 1 amide bonds. The van der Waals surface area contributed by atoms with Crippen LogP contribution in [0.3, 0.4) is 0 Å². The molecular formula is C19H23N3O3. The predicted molar refractivity (Wildman–Crippen MR) is 92.5 cm³/mol. The molecule has 0 radical (unpaired) electrons. The summed E-state index contributed by atoms with van der Waals surface area (Å²) in [6.07, 6.45) is 2.06. The number of carbonyl (C=O) groups excluding carboxylic acids is 1. The molecule has 2 aliphatic rings. The number of nitrogens with one attached hydrogen (secondary N) is 1. The number of ether oxygens (including phenoxy) is 1. The summed E-state index contributed by atoms with van der Waals surface area (Å²) in [4.78, 5) is 12.8. The van der Waals surface area contributed by atoms with Gasteiger partial charge in [0.15, 0.2) is 0 Å². The SMILES string of the molecule is Cc1cc(C(=O)N[C@H](c2ccc3c(c2)CCO3)C2CC(O)C2)n(C)n1. The van der Waals surface area contributed by atoms with Crippen molar-refractivity contribution >= 4 is 5.91 Å². The Labute approximate surface area is 146 Å². The van der Waals surface area contributed by atoms with Crippen molar-refractivity contribution in [3.8, 4) is 5.75 Å². The molecule has 6 heteroatoms. The van der Waals surface area contributed by atoms with Gasteiger partial charge in [0.25, 0.3) is 5.91 Å². The van der Waals surface area contributed by atoms with Crippen LogP contribution in [0.1, 0.15) is 46.2 Å². The predicted octanol–water partition coefficient (Wildman–Crippen LogP) is 1.91. The zero-order valence-electron chi connectivity index (χ0n) is 14.5. The van der Waals surface area contributed by atoms with Gasteiger partial charge in [-0.05, 0) is 55.0 Å². The maximum Gasteiger partial charge on any atom is 0.270 e. The van der Waals surface area contributed by atoms with Gasteiger partial charge in [-0.2, -0.15) is 5.10 Å². The summed E-state index contributed by atoms with van der Waals surface area (Å²) in [5.74, 6) is 1.05. The first-order valence-electron chi connectivity index (χ1n) is 8.76. The van der Waals surface area contributed by atoms with E-state index in [1.54, 1.807) is 17.8 Å². The molecule has 2 aromatic rings. The Morgan fingerprint density at radius 3 is 2.88 bits per heavy atom. The Bertz CT molecular complexity index is 808. The fourth-order valence-electron chi connectivity index (χ4n) is 3.81. The van der Waals surface area contributed by atoms with Crippen LogP contribution in [0.4, 0.5) is 0 Å². The smallest absolute Gasteiger partial charge is 0.270 e. The first-order valence-corrected chi connectivity index (χ1v) is 8.76. The highest BCUT2D eigenvalue weighted by molar-refractivity contribution is 5.93. The maximum atomic E-state index is 12.8. The molecule has 25 heavy (non-hydrogen) atoms. The fraction of sp³-hybridized carbons (Fsp3) is 0.474. The molecule has 1 fully saturated rings. The van der Waals surface area contributed by atoms with Gasteiger partial charge >= 0.3 is 0 Å². The lowest BCUT2D eigenvalue weighted by Gasteiger charge is -2.38. The van der Waals surface area contributed by atoms with Gasteiger partial charge in [-0.1, -0.05) is 6.07 Å². The van der Waals surface area contributed by atoms with E-state index in [2.05, 4.69) is 16.5 Å². The molecule has 1 aliphatic carbocycles. The zero-order chi connectivity index (χ0) is 17.6. The number of hydrogen-bond acceptors (Lipinski definition) is 4. The lowest BCUT2D eigenvalue weighted by molar-refractivity contribution is 0.0234. The van der Waals surface area contributed by atoms with E-state index in [4.69, 9.17) is 4.74 Å². The van der Waals surface area contributed by atoms with E-state index in [0.717, 1.165) is 23.4 Å². The summed E-state index contributed by atoms with van der Waals surface area (Å²) < 4.78 is 7.19. The summed E-state index contributed by atoms with van der Waals surface area (Å²) in [7, 11) is 1.77. The maximum absolute atomic E-state index is 12.8. The van der Waals surface area contributed by atoms with Crippen LogP contribution in [-0.2, 0) is 13.5 Å². The van der Waals surface area contributed by atoms with Gasteiger partial charge < -0.3 is 15.2 Å². The second-order valence-electron chi connectivity index (χ2n) is 7.10. The molecule has 4 rings (SSSR count). The monoisotopic (exact) mass is 341 g/mol. The first kappa shape index (κ1) is 16.1. The first-order chi connectivity index (χ1) is 12.0. The van der Waals surface area contributed by atoms with E-state index in [0.29, 0.717) is 25.1 Å². The third-order valence-electron chi connectivity index (χ3n) is 5.21. The number of rotatable bonds is 4. The van der Waals surface area contributed by atoms with Crippen molar-refractivity contribution in [2.75, 3.05) is 6.61 Å². The Morgan fingerprint density at radius 1 is 1.40 bits per heavy atom. The standard InChI is InChI=1S/C19H23N3O3/c1-11-7-16(22(2)21-11)19(24)20-18(14-9-15(23)10-14)13-3-4-17-12(8-13)5-6-25-17/h3-4,7-8,14-15,18,23H,5-6,9-10H2,1-2H3,(H,20,24)/t14?,15?,18-/m1/s1. The van der Waals surface area contributed by atoms with Gasteiger partial charge in [0.1, 0.15) is 11.4 Å². The Morgan fingerprint density at radius 2 is 2.20 bits per heavy atom. The van der Waals surface area contributed by atoms with Crippen LogP contribution >= 0.6 is 0 Å². The highest BCUT2D eigenvalue weighted by atomic mass is 16.5. The minimum atomic E-state index is -0.263. The molecule has 1 atom stereocenters. The number of aliphatic hydroxyl groups is 1. The average molecular weight is 341 g/mol. The summed E-state index contributed by atoms with van der Waals surface area (Å²) in [6.45, 7) is 2.59. The van der Waals surface area contributed by atoms with Crippen molar-refractivity contribution in [3.05, 3.63) is 46.8 Å². The van der Waals surface area contributed by atoms with E-state index >= 15 is 0 Å². The third-order valence-corrected chi connectivity index (χ3v) is 5.21. The molecular weight excluding hydrogens is 318 g/mol. The van der Waals surface area contributed by atoms with Crippen LogP contribution in [0.15, 0.2) is 24.3 Å². The van der Waals surface area contributed by atoms with Gasteiger partial charge in [-0.3, -0.25) is 9.48 Å². The number of amides is 1. The molecule has 2 heterocycles. The van der Waals surface area contributed by atoms with E-state index < -0.39 is 0 Å². The van der Waals surface area contributed by atoms with E-state index in [-0.39, 0.29) is 24.0 Å².